The van der Waals surface area contributed by atoms with Gasteiger partial charge in [-0.3, -0.25) is 4.18 Å². The second-order valence-electron chi connectivity index (χ2n) is 4.68. The van der Waals surface area contributed by atoms with E-state index in [0.717, 1.165) is 0 Å². The molecule has 0 bridgehead atoms. The maximum Gasteiger partial charge on any atom is 0.523 e. The van der Waals surface area contributed by atoms with E-state index in [1.807, 2.05) is 0 Å². The first kappa shape index (κ1) is 20.5. The van der Waals surface area contributed by atoms with Crippen molar-refractivity contribution in [2.45, 2.75) is 50.4 Å². The summed E-state index contributed by atoms with van der Waals surface area (Å²) in [6.07, 6.45) is -0.313. The molecule has 0 amide bonds. The molecule has 1 heterocycles. The van der Waals surface area contributed by atoms with Gasteiger partial charge in [0, 0.05) is 13.5 Å². The number of rotatable bonds is 4. The van der Waals surface area contributed by atoms with Crippen molar-refractivity contribution in [3.8, 4) is 0 Å². The van der Waals surface area contributed by atoms with Crippen molar-refractivity contribution >= 4 is 10.1 Å². The van der Waals surface area contributed by atoms with E-state index in [2.05, 4.69) is 4.18 Å². The lowest BCUT2D eigenvalue weighted by atomic mass is 10.2. The highest BCUT2D eigenvalue weighted by atomic mass is 32.2. The van der Waals surface area contributed by atoms with Gasteiger partial charge in [-0.2, -0.15) is 21.6 Å². The van der Waals surface area contributed by atoms with E-state index >= 15 is 0 Å². The van der Waals surface area contributed by atoms with Crippen molar-refractivity contribution in [2.24, 2.45) is 0 Å². The van der Waals surface area contributed by atoms with Gasteiger partial charge in [-0.05, 0) is 20.3 Å². The Hall–Kier alpha value is -0.460. The number of aliphatic hydroxyl groups is 2. The second kappa shape index (κ2) is 7.70. The first-order valence-electron chi connectivity index (χ1n) is 5.85. The Morgan fingerprint density at radius 3 is 2.05 bits per heavy atom. The van der Waals surface area contributed by atoms with Crippen LogP contribution in [0, 0.1) is 0 Å². The minimum Gasteiger partial charge on any atom is -0.366 e. The lowest BCUT2D eigenvalue weighted by molar-refractivity contribution is -0.127. The van der Waals surface area contributed by atoms with Gasteiger partial charge in [0.25, 0.3) is 0 Å². The molecule has 0 saturated carbocycles. The number of alkyl halides is 3. The first-order valence-corrected chi connectivity index (χ1v) is 7.26. The van der Waals surface area contributed by atoms with Crippen LogP contribution in [-0.4, -0.2) is 56.0 Å². The lowest BCUT2D eigenvalue weighted by Gasteiger charge is -2.13. The maximum absolute atomic E-state index is 11.9. The third-order valence-corrected chi connectivity index (χ3v) is 3.04. The molecular weight excluding hydrogens is 321 g/mol. The molecule has 7 nitrogen and oxygen atoms in total. The van der Waals surface area contributed by atoms with Crippen molar-refractivity contribution < 1.29 is 45.5 Å². The van der Waals surface area contributed by atoms with Gasteiger partial charge in [-0.15, -0.1) is 0 Å². The van der Waals surface area contributed by atoms with Crippen LogP contribution < -0.4 is 0 Å². The molecule has 1 aliphatic rings. The van der Waals surface area contributed by atoms with Crippen LogP contribution in [0.25, 0.3) is 0 Å². The van der Waals surface area contributed by atoms with Gasteiger partial charge < -0.3 is 19.7 Å². The lowest BCUT2D eigenvalue weighted by Crippen LogP contribution is -2.29. The molecule has 1 aliphatic heterocycles. The van der Waals surface area contributed by atoms with Crippen LogP contribution in [0.1, 0.15) is 26.7 Å². The smallest absolute Gasteiger partial charge is 0.366 e. The summed E-state index contributed by atoms with van der Waals surface area (Å²) < 4.78 is 70.3. The van der Waals surface area contributed by atoms with Crippen LogP contribution in [0.2, 0.25) is 0 Å². The highest BCUT2D eigenvalue weighted by molar-refractivity contribution is 7.87. The van der Waals surface area contributed by atoms with Crippen LogP contribution in [0.4, 0.5) is 13.2 Å². The monoisotopic (exact) mass is 340 g/mol. The van der Waals surface area contributed by atoms with Crippen LogP contribution in [0.5, 0.6) is 0 Å². The Morgan fingerprint density at radius 1 is 1.24 bits per heavy atom. The van der Waals surface area contributed by atoms with Gasteiger partial charge in [0.2, 0.25) is 0 Å². The average molecular weight is 340 g/mol. The van der Waals surface area contributed by atoms with Crippen molar-refractivity contribution in [3.63, 3.8) is 0 Å². The first-order chi connectivity index (χ1) is 9.26. The van der Waals surface area contributed by atoms with Crippen molar-refractivity contribution in [3.05, 3.63) is 0 Å². The van der Waals surface area contributed by atoms with Crippen molar-refractivity contribution in [2.75, 3.05) is 13.7 Å². The number of halogens is 3. The quantitative estimate of drug-likeness (QED) is 0.441. The summed E-state index contributed by atoms with van der Waals surface area (Å²) >= 11 is 0. The third-order valence-electron chi connectivity index (χ3n) is 2.02. The molecule has 2 N–H and O–H groups in total. The number of methoxy groups -OCH3 is 1. The van der Waals surface area contributed by atoms with Crippen LogP contribution in [0.15, 0.2) is 0 Å². The van der Waals surface area contributed by atoms with Gasteiger partial charge in [-0.1, -0.05) is 0 Å². The highest BCUT2D eigenvalue weighted by Gasteiger charge is 2.47. The van der Waals surface area contributed by atoms with Crippen LogP contribution in [0.3, 0.4) is 0 Å². The van der Waals surface area contributed by atoms with Gasteiger partial charge in [-0.25, -0.2) is 0 Å². The maximum atomic E-state index is 11.9. The van der Waals surface area contributed by atoms with Gasteiger partial charge >= 0.3 is 15.6 Å². The Bertz CT molecular complexity index is 396. The number of hydrogen-bond acceptors (Lipinski definition) is 7. The summed E-state index contributed by atoms with van der Waals surface area (Å²) in [7, 11) is -4.14. The van der Waals surface area contributed by atoms with Crippen LogP contribution >= 0.6 is 0 Å². The van der Waals surface area contributed by atoms with Gasteiger partial charge in [0.05, 0.1) is 12.7 Å². The zero-order valence-electron chi connectivity index (χ0n) is 11.8. The summed E-state index contributed by atoms with van der Waals surface area (Å²) in [5.41, 5.74) is -5.40. The standard InChI is InChI=1S/C7H11F3O5S.C3H8O2/c1-13-6-3-2-5(15-6)4-14-16(11,12)7(8,9)10;1-3(2,4)5/h5-6H,2-4H2,1H3;4-5H,1-2H3/t5-,6?;/m0./s1. The molecule has 0 aliphatic carbocycles. The largest absolute Gasteiger partial charge is 0.523 e. The van der Waals surface area contributed by atoms with Gasteiger partial charge in [0.15, 0.2) is 12.1 Å². The fourth-order valence-corrected chi connectivity index (χ4v) is 1.67. The topological polar surface area (TPSA) is 102 Å². The van der Waals surface area contributed by atoms with E-state index < -0.39 is 40.4 Å². The van der Waals surface area contributed by atoms with E-state index in [1.54, 1.807) is 0 Å². The SMILES string of the molecule is CC(C)(O)O.COC1CC[C@@H](COS(=O)(=O)C(F)(F)F)O1. The highest BCUT2D eigenvalue weighted by Crippen LogP contribution is 2.26. The normalized spacial score (nSPS) is 23.6. The molecule has 1 rings (SSSR count). The van der Waals surface area contributed by atoms with E-state index in [4.69, 9.17) is 19.7 Å². The molecule has 0 aromatic heterocycles. The Morgan fingerprint density at radius 2 is 1.71 bits per heavy atom. The molecule has 11 heteroatoms. The Balaban J connectivity index is 0.000000690. The molecule has 0 spiro atoms. The number of ether oxygens (including phenoxy) is 2. The van der Waals surface area contributed by atoms with E-state index in [9.17, 15) is 21.6 Å². The fraction of sp³-hybridized carbons (Fsp3) is 1.00. The molecule has 0 radical (unpaired) electrons. The molecule has 21 heavy (non-hydrogen) atoms. The zero-order chi connectivity index (χ0) is 16.9. The van der Waals surface area contributed by atoms with E-state index in [1.165, 1.54) is 21.0 Å². The molecule has 1 saturated heterocycles. The minimum absolute atomic E-state index is 0.395. The summed E-state index contributed by atoms with van der Waals surface area (Å²) in [4.78, 5) is 0. The summed E-state index contributed by atoms with van der Waals surface area (Å²) in [5, 5.41) is 16.2. The Labute approximate surface area is 120 Å². The molecule has 0 aromatic rings. The van der Waals surface area contributed by atoms with Gasteiger partial charge in [0.1, 0.15) is 0 Å². The van der Waals surface area contributed by atoms with E-state index in [-0.39, 0.29) is 0 Å². The van der Waals surface area contributed by atoms with Crippen molar-refractivity contribution in [1.29, 1.82) is 0 Å². The minimum atomic E-state index is -5.53. The predicted molar refractivity (Wildman–Crippen MR) is 64.3 cm³/mol. The molecule has 1 unspecified atom stereocenters. The summed E-state index contributed by atoms with van der Waals surface area (Å²) in [5.74, 6) is -1.50. The predicted octanol–water partition coefficient (Wildman–Crippen LogP) is 0.711. The fourth-order valence-electron chi connectivity index (χ4n) is 1.20. The Kier molecular flexibility index (Phi) is 7.53. The van der Waals surface area contributed by atoms with Crippen molar-refractivity contribution in [1.82, 2.24) is 0 Å². The molecule has 0 aromatic carbocycles. The molecule has 1 fully saturated rings. The number of hydrogen-bond donors (Lipinski definition) is 2. The summed E-state index contributed by atoms with van der Waals surface area (Å²) in [6, 6.07) is 0. The molecule has 128 valence electrons. The average Bonchev–Trinajstić information content (AvgIpc) is 2.70. The summed E-state index contributed by atoms with van der Waals surface area (Å²) in [6.45, 7) is 1.95. The molecular formula is C10H19F3O7S. The van der Waals surface area contributed by atoms with E-state index in [0.29, 0.717) is 12.8 Å². The van der Waals surface area contributed by atoms with Crippen LogP contribution in [-0.2, 0) is 23.8 Å². The zero-order valence-corrected chi connectivity index (χ0v) is 12.6. The second-order valence-corrected chi connectivity index (χ2v) is 6.29. The molecule has 2 atom stereocenters. The third kappa shape index (κ3) is 9.22.